The van der Waals surface area contributed by atoms with Crippen molar-refractivity contribution in [1.29, 1.82) is 0 Å². The van der Waals surface area contributed by atoms with Crippen molar-refractivity contribution in [2.45, 2.75) is 29.8 Å². The highest BCUT2D eigenvalue weighted by Crippen LogP contribution is 2.69. The van der Waals surface area contributed by atoms with Crippen LogP contribution in [0, 0.1) is 0 Å². The van der Waals surface area contributed by atoms with E-state index in [1.807, 2.05) is 78.9 Å². The Morgan fingerprint density at radius 3 is 1.79 bits per heavy atom. The lowest BCUT2D eigenvalue weighted by Gasteiger charge is -2.50. The fraction of sp³-hybridized carbons (Fsp3) is 0.171. The number of allylic oxidation sites excluding steroid dienone is 1. The van der Waals surface area contributed by atoms with E-state index in [0.717, 1.165) is 28.6 Å². The molecule has 0 bridgehead atoms. The molecule has 1 aromatic heterocycles. The molecule has 1 nitrogen and oxygen atoms in total. The second-order valence-corrected chi connectivity index (χ2v) is 13.1. The average molecular weight is 606 g/mol. The zero-order valence-corrected chi connectivity index (χ0v) is 23.7. The molecule has 0 saturated carbocycles. The SMILES string of the molecule is C=C1C(c2cc(C(F)(F)F)nc3c(C(F)(F)F)cccc23)CCP(c2ccccc2)C1(c1ccccc1)c1ccccc1. The number of alkyl halides is 6. The van der Waals surface area contributed by atoms with Crippen molar-refractivity contribution < 1.29 is 26.3 Å². The number of rotatable bonds is 4. The molecule has 4 aromatic carbocycles. The van der Waals surface area contributed by atoms with E-state index in [-0.39, 0.29) is 10.9 Å². The Labute approximate surface area is 246 Å². The van der Waals surface area contributed by atoms with Crippen molar-refractivity contribution in [3.05, 3.63) is 155 Å². The molecule has 1 aliphatic heterocycles. The third-order valence-electron chi connectivity index (χ3n) is 8.23. The van der Waals surface area contributed by atoms with Crippen LogP contribution in [0.2, 0.25) is 0 Å². The van der Waals surface area contributed by atoms with Crippen LogP contribution in [0.3, 0.4) is 0 Å². The van der Waals surface area contributed by atoms with Crippen LogP contribution < -0.4 is 5.30 Å². The molecule has 1 saturated heterocycles. The van der Waals surface area contributed by atoms with Crippen LogP contribution in [0.25, 0.3) is 10.9 Å². The highest BCUT2D eigenvalue weighted by atomic mass is 31.1. The summed E-state index contributed by atoms with van der Waals surface area (Å²) in [5.41, 5.74) is -0.541. The molecule has 2 heterocycles. The van der Waals surface area contributed by atoms with Gasteiger partial charge in [0, 0.05) is 11.3 Å². The molecule has 218 valence electrons. The molecule has 6 rings (SSSR count). The van der Waals surface area contributed by atoms with E-state index in [2.05, 4.69) is 23.7 Å². The summed E-state index contributed by atoms with van der Waals surface area (Å²) in [6.45, 7) is 4.62. The molecule has 1 aliphatic rings. The minimum atomic E-state index is -4.94. The Morgan fingerprint density at radius 2 is 1.26 bits per heavy atom. The number of nitrogens with zero attached hydrogens (tertiary/aromatic N) is 1. The minimum absolute atomic E-state index is 0.0509. The Morgan fingerprint density at radius 1 is 0.698 bits per heavy atom. The van der Waals surface area contributed by atoms with E-state index in [1.54, 1.807) is 0 Å². The number of pyridine rings is 1. The number of aromatic nitrogens is 1. The van der Waals surface area contributed by atoms with E-state index in [0.29, 0.717) is 18.2 Å². The predicted octanol–water partition coefficient (Wildman–Crippen LogP) is 10.1. The van der Waals surface area contributed by atoms with Gasteiger partial charge < -0.3 is 0 Å². The fourth-order valence-corrected chi connectivity index (χ4v) is 9.90. The number of hydrogen-bond donors (Lipinski definition) is 0. The summed E-state index contributed by atoms with van der Waals surface area (Å²) in [7, 11) is -1.04. The van der Waals surface area contributed by atoms with Gasteiger partial charge in [-0.1, -0.05) is 123 Å². The Balaban J connectivity index is 1.66. The zero-order chi connectivity index (χ0) is 30.4. The van der Waals surface area contributed by atoms with Crippen molar-refractivity contribution in [3.63, 3.8) is 0 Å². The summed E-state index contributed by atoms with van der Waals surface area (Å²) < 4.78 is 84.8. The molecule has 2 atom stereocenters. The van der Waals surface area contributed by atoms with Gasteiger partial charge >= 0.3 is 12.4 Å². The van der Waals surface area contributed by atoms with E-state index in [9.17, 15) is 26.3 Å². The van der Waals surface area contributed by atoms with Crippen LogP contribution >= 0.6 is 7.92 Å². The van der Waals surface area contributed by atoms with Crippen molar-refractivity contribution in [1.82, 2.24) is 4.98 Å². The smallest absolute Gasteiger partial charge is 0.243 e. The molecule has 0 radical (unpaired) electrons. The average Bonchev–Trinajstić information content (AvgIpc) is 3.00. The summed E-state index contributed by atoms with van der Waals surface area (Å²) in [6, 6.07) is 33.9. The molecular formula is C35H26F6NP. The standard InChI is InChI=1S/C35H26F6NP/c1-23-27(29-22-31(35(39,40)41)42-32-28(29)18-11-19-30(32)34(36,37)38)20-21-43(26-16-9-4-10-17-26)33(23,24-12-5-2-6-13-24)25-14-7-3-8-15-25/h2-19,22,27H,1,20-21H2. The molecule has 0 spiro atoms. The Bertz CT molecular complexity index is 1730. The van der Waals surface area contributed by atoms with E-state index >= 15 is 0 Å². The summed E-state index contributed by atoms with van der Waals surface area (Å²) >= 11 is 0. The lowest BCUT2D eigenvalue weighted by molar-refractivity contribution is -0.142. The largest absolute Gasteiger partial charge is 0.433 e. The quantitative estimate of drug-likeness (QED) is 0.113. The third-order valence-corrected chi connectivity index (χ3v) is 11.5. The van der Waals surface area contributed by atoms with Gasteiger partial charge in [-0.15, -0.1) is 0 Å². The molecular weight excluding hydrogens is 579 g/mol. The highest BCUT2D eigenvalue weighted by Gasteiger charge is 2.51. The Kier molecular flexibility index (Phi) is 7.42. The molecule has 0 amide bonds. The summed E-state index contributed by atoms with van der Waals surface area (Å²) in [5, 5.41) is 0.340. The third kappa shape index (κ3) is 5.04. The lowest BCUT2D eigenvalue weighted by Crippen LogP contribution is -2.38. The first-order valence-corrected chi connectivity index (χ1v) is 15.3. The maximum atomic E-state index is 14.2. The van der Waals surface area contributed by atoms with E-state index < -0.39 is 48.1 Å². The van der Waals surface area contributed by atoms with Crippen molar-refractivity contribution >= 4 is 24.1 Å². The number of fused-ring (bicyclic) bond motifs is 1. The van der Waals surface area contributed by atoms with Crippen LogP contribution in [0.15, 0.2) is 127 Å². The van der Waals surface area contributed by atoms with E-state index in [1.165, 1.54) is 12.1 Å². The minimum Gasteiger partial charge on any atom is -0.243 e. The van der Waals surface area contributed by atoms with Crippen LogP contribution in [-0.2, 0) is 17.5 Å². The van der Waals surface area contributed by atoms with E-state index in [4.69, 9.17) is 0 Å². The number of benzene rings is 4. The highest BCUT2D eigenvalue weighted by molar-refractivity contribution is 7.67. The molecule has 2 unspecified atom stereocenters. The van der Waals surface area contributed by atoms with Crippen molar-refractivity contribution in [3.8, 4) is 0 Å². The van der Waals surface area contributed by atoms with Gasteiger partial charge in [0.1, 0.15) is 5.69 Å². The zero-order valence-electron chi connectivity index (χ0n) is 22.8. The van der Waals surface area contributed by atoms with Gasteiger partial charge in [-0.05, 0) is 46.7 Å². The second kappa shape index (κ2) is 10.9. The maximum Gasteiger partial charge on any atom is 0.433 e. The molecule has 0 N–H and O–H groups in total. The van der Waals surface area contributed by atoms with Crippen LogP contribution in [0.4, 0.5) is 26.3 Å². The second-order valence-electron chi connectivity index (χ2n) is 10.6. The maximum absolute atomic E-state index is 14.2. The topological polar surface area (TPSA) is 12.9 Å². The first-order valence-electron chi connectivity index (χ1n) is 13.7. The van der Waals surface area contributed by atoms with Crippen molar-refractivity contribution in [2.75, 3.05) is 6.16 Å². The van der Waals surface area contributed by atoms with Crippen molar-refractivity contribution in [2.24, 2.45) is 0 Å². The Hall–Kier alpha value is -3.96. The molecule has 0 aliphatic carbocycles. The summed E-state index contributed by atoms with van der Waals surface area (Å²) in [4.78, 5) is 3.54. The molecule has 5 aromatic rings. The van der Waals surface area contributed by atoms with Gasteiger partial charge in [-0.25, -0.2) is 4.98 Å². The van der Waals surface area contributed by atoms with Crippen LogP contribution in [0.5, 0.6) is 0 Å². The summed E-state index contributed by atoms with van der Waals surface area (Å²) in [5.74, 6) is -0.669. The number of halogens is 6. The van der Waals surface area contributed by atoms with Gasteiger partial charge in [-0.2, -0.15) is 26.3 Å². The lowest BCUT2D eigenvalue weighted by atomic mass is 9.74. The number of hydrogen-bond acceptors (Lipinski definition) is 1. The fourth-order valence-electron chi connectivity index (χ4n) is 6.44. The predicted molar refractivity (Wildman–Crippen MR) is 160 cm³/mol. The first-order chi connectivity index (χ1) is 20.5. The number of para-hydroxylation sites is 1. The molecule has 43 heavy (non-hydrogen) atoms. The van der Waals surface area contributed by atoms with Gasteiger partial charge in [0.2, 0.25) is 0 Å². The van der Waals surface area contributed by atoms with Gasteiger partial charge in [0.25, 0.3) is 0 Å². The summed E-state index contributed by atoms with van der Waals surface area (Å²) in [6.07, 6.45) is -8.77. The van der Waals surface area contributed by atoms with Gasteiger partial charge in [-0.3, -0.25) is 0 Å². The molecule has 1 fully saturated rings. The van der Waals surface area contributed by atoms with Gasteiger partial charge in [0.05, 0.1) is 16.2 Å². The van der Waals surface area contributed by atoms with Gasteiger partial charge in [0.15, 0.2) is 0 Å². The molecule has 8 heteroatoms. The normalized spacial score (nSPS) is 19.0. The van der Waals surface area contributed by atoms with Crippen LogP contribution in [0.1, 0.15) is 40.3 Å². The van der Waals surface area contributed by atoms with Crippen LogP contribution in [-0.4, -0.2) is 11.1 Å². The monoisotopic (exact) mass is 605 g/mol. The first kappa shape index (κ1) is 29.1.